The average Bonchev–Trinajstić information content (AvgIpc) is 3.54. The molecule has 3 aliphatic heterocycles. The first kappa shape index (κ1) is 24.0. The van der Waals surface area contributed by atoms with Crippen LogP contribution in [0.2, 0.25) is 0 Å². The maximum absolute atomic E-state index is 5.37. The predicted molar refractivity (Wildman–Crippen MR) is 141 cm³/mol. The van der Waals surface area contributed by atoms with Crippen LogP contribution in [0, 0.1) is 0 Å². The van der Waals surface area contributed by atoms with Crippen molar-refractivity contribution in [2.45, 2.75) is 0 Å². The van der Waals surface area contributed by atoms with Crippen LogP contribution < -0.4 is 40.7 Å². The quantitative estimate of drug-likeness (QED) is 0.242. The van der Waals surface area contributed by atoms with Crippen LogP contribution in [0.3, 0.4) is 0 Å². The highest BCUT2D eigenvalue weighted by atomic mass is 32.1. The van der Waals surface area contributed by atoms with Gasteiger partial charge in [-0.1, -0.05) is 0 Å². The Morgan fingerprint density at radius 3 is 1.53 bits per heavy atom. The molecular weight excluding hydrogens is 504 g/mol. The maximum Gasteiger partial charge on any atom is 0.231 e. The van der Waals surface area contributed by atoms with Crippen molar-refractivity contribution in [2.24, 2.45) is 10.2 Å². The van der Waals surface area contributed by atoms with E-state index >= 15 is 0 Å². The number of hydrazone groups is 2. The molecule has 36 heavy (non-hydrogen) atoms. The number of rotatable bonds is 6. The molecule has 0 bridgehead atoms. The van der Waals surface area contributed by atoms with Gasteiger partial charge in [-0.25, -0.2) is 10.0 Å². The first-order chi connectivity index (χ1) is 17.6. The first-order valence-corrected chi connectivity index (χ1v) is 11.9. The number of fused-ring (bicyclic) bond motifs is 2. The number of piperazine rings is 1. The minimum absolute atomic E-state index is 0.240. The number of nitrogens with zero attached hydrogens (tertiary/aromatic N) is 4. The highest BCUT2D eigenvalue weighted by Gasteiger charge is 2.18. The molecule has 5 rings (SSSR count). The van der Waals surface area contributed by atoms with Crippen molar-refractivity contribution in [3.63, 3.8) is 0 Å². The number of hydrazine groups is 2. The Kier molecular flexibility index (Phi) is 7.56. The lowest BCUT2D eigenvalue weighted by molar-refractivity contribution is 0.0936. The average molecular weight is 529 g/mol. The fraction of sp³-hybridized carbons (Fsp3) is 0.273. The lowest BCUT2D eigenvalue weighted by Gasteiger charge is -2.35. The molecule has 14 heteroatoms. The molecule has 0 atom stereocenters. The fourth-order valence-corrected chi connectivity index (χ4v) is 3.95. The van der Waals surface area contributed by atoms with Crippen LogP contribution in [-0.4, -0.2) is 72.4 Å². The topological polar surface area (TPSA) is 116 Å². The third-order valence-corrected chi connectivity index (χ3v) is 5.72. The van der Waals surface area contributed by atoms with Crippen molar-refractivity contribution in [3.05, 3.63) is 47.5 Å². The Morgan fingerprint density at radius 1 is 0.667 bits per heavy atom. The Bertz CT molecular complexity index is 1100. The molecule has 2 aromatic rings. The molecule has 12 nitrogen and oxygen atoms in total. The van der Waals surface area contributed by atoms with Crippen molar-refractivity contribution in [3.8, 4) is 23.0 Å². The molecule has 0 spiro atoms. The molecule has 0 aromatic heterocycles. The van der Waals surface area contributed by atoms with E-state index < -0.39 is 0 Å². The number of benzene rings is 2. The summed E-state index contributed by atoms with van der Waals surface area (Å²) in [6.07, 6.45) is 3.33. The van der Waals surface area contributed by atoms with E-state index in [1.54, 1.807) is 12.4 Å². The summed E-state index contributed by atoms with van der Waals surface area (Å²) in [5.41, 5.74) is 13.7. The summed E-state index contributed by atoms with van der Waals surface area (Å²) in [5, 5.41) is 13.2. The largest absolute Gasteiger partial charge is 0.454 e. The molecule has 1 saturated heterocycles. The van der Waals surface area contributed by atoms with Gasteiger partial charge in [0.25, 0.3) is 0 Å². The van der Waals surface area contributed by atoms with Crippen LogP contribution in [0.25, 0.3) is 0 Å². The minimum atomic E-state index is 0.240. The third-order valence-electron chi connectivity index (χ3n) is 5.35. The number of hydrogen-bond acceptors (Lipinski definition) is 10. The second kappa shape index (κ2) is 11.3. The third kappa shape index (κ3) is 6.28. The van der Waals surface area contributed by atoms with Crippen LogP contribution in [-0.2, 0) is 0 Å². The Hall–Kier alpha value is -3.72. The number of hydrogen-bond donors (Lipinski definition) is 4. The summed E-state index contributed by atoms with van der Waals surface area (Å²) in [7, 11) is 0. The molecule has 3 aliphatic rings. The molecule has 1 fully saturated rings. The van der Waals surface area contributed by atoms with E-state index in [1.807, 2.05) is 46.4 Å². The zero-order valence-corrected chi connectivity index (χ0v) is 20.7. The summed E-state index contributed by atoms with van der Waals surface area (Å²) in [6, 6.07) is 11.2. The summed E-state index contributed by atoms with van der Waals surface area (Å²) >= 11 is 10.7. The van der Waals surface area contributed by atoms with Crippen LogP contribution in [0.1, 0.15) is 11.1 Å². The van der Waals surface area contributed by atoms with Crippen molar-refractivity contribution >= 4 is 47.1 Å². The molecule has 0 saturated carbocycles. The maximum atomic E-state index is 5.37. The molecular formula is C22H24N8O4S2. The van der Waals surface area contributed by atoms with Crippen molar-refractivity contribution in [1.29, 1.82) is 0 Å². The number of ether oxygens (including phenoxy) is 4. The van der Waals surface area contributed by atoms with Gasteiger partial charge in [-0.2, -0.15) is 10.2 Å². The Morgan fingerprint density at radius 2 is 1.08 bits per heavy atom. The second-order valence-electron chi connectivity index (χ2n) is 7.82. The molecule has 3 heterocycles. The highest BCUT2D eigenvalue weighted by molar-refractivity contribution is 7.80. The summed E-state index contributed by atoms with van der Waals surface area (Å²) in [6.45, 7) is 3.38. The van der Waals surface area contributed by atoms with E-state index in [-0.39, 0.29) is 13.6 Å². The van der Waals surface area contributed by atoms with Crippen LogP contribution >= 0.6 is 24.4 Å². The minimum Gasteiger partial charge on any atom is -0.454 e. The molecule has 0 amide bonds. The van der Waals surface area contributed by atoms with E-state index in [4.69, 9.17) is 43.4 Å². The van der Waals surface area contributed by atoms with E-state index in [0.29, 0.717) is 21.7 Å². The zero-order valence-electron chi connectivity index (χ0n) is 19.1. The molecule has 4 N–H and O–H groups in total. The van der Waals surface area contributed by atoms with Gasteiger partial charge in [-0.3, -0.25) is 21.7 Å². The highest BCUT2D eigenvalue weighted by Crippen LogP contribution is 2.32. The van der Waals surface area contributed by atoms with Crippen LogP contribution in [0.5, 0.6) is 23.0 Å². The van der Waals surface area contributed by atoms with E-state index in [0.717, 1.165) is 48.8 Å². The van der Waals surface area contributed by atoms with Crippen molar-refractivity contribution in [2.75, 3.05) is 39.8 Å². The first-order valence-electron chi connectivity index (χ1n) is 11.1. The van der Waals surface area contributed by atoms with E-state index in [2.05, 4.69) is 31.9 Å². The van der Waals surface area contributed by atoms with Gasteiger partial charge in [0, 0.05) is 26.2 Å². The smallest absolute Gasteiger partial charge is 0.231 e. The molecule has 0 aliphatic carbocycles. The normalized spacial score (nSPS) is 16.9. The lowest BCUT2D eigenvalue weighted by atomic mass is 10.2. The monoisotopic (exact) mass is 528 g/mol. The van der Waals surface area contributed by atoms with Gasteiger partial charge in [-0.05, 0) is 72.0 Å². The zero-order chi connectivity index (χ0) is 24.7. The van der Waals surface area contributed by atoms with E-state index in [9.17, 15) is 0 Å². The van der Waals surface area contributed by atoms with Gasteiger partial charge >= 0.3 is 0 Å². The van der Waals surface area contributed by atoms with Crippen LogP contribution in [0.15, 0.2) is 46.6 Å². The summed E-state index contributed by atoms with van der Waals surface area (Å²) in [4.78, 5) is 0. The molecule has 2 aromatic carbocycles. The Balaban J connectivity index is 0.983. The summed E-state index contributed by atoms with van der Waals surface area (Å²) in [5.74, 6) is 2.88. The van der Waals surface area contributed by atoms with Gasteiger partial charge in [0.05, 0.1) is 12.4 Å². The predicted octanol–water partition coefficient (Wildman–Crippen LogP) is 0.888. The van der Waals surface area contributed by atoms with Gasteiger partial charge in [-0.15, -0.1) is 0 Å². The standard InChI is InChI=1S/C22H24N8O4S2/c35-21(25-23-11-15-1-3-17-19(9-15)33-13-31-17)27-29-5-7-30(8-6-29)28-22(36)26-24-12-16-2-4-18-20(10-16)34-14-32-18/h1-4,9-12H,5-8,13-14H2,(H2,25,27,35)(H2,26,28,36). The van der Waals surface area contributed by atoms with Gasteiger partial charge in [0.15, 0.2) is 23.0 Å². The lowest BCUT2D eigenvalue weighted by Crippen LogP contribution is -2.59. The molecule has 0 unspecified atom stereocenters. The number of thiocarbonyl (C=S) groups is 2. The SMILES string of the molecule is S=C(NN=Cc1ccc2c(c1)OCO2)NN1CCN(NC(=S)NN=Cc2ccc3c(c2)OCO3)CC1. The Labute approximate surface area is 218 Å². The molecule has 188 valence electrons. The van der Waals surface area contributed by atoms with Crippen molar-refractivity contribution in [1.82, 2.24) is 31.7 Å². The second-order valence-corrected chi connectivity index (χ2v) is 8.64. The number of nitrogens with one attached hydrogen (secondary N) is 4. The van der Waals surface area contributed by atoms with Crippen molar-refractivity contribution < 1.29 is 18.9 Å². The summed E-state index contributed by atoms with van der Waals surface area (Å²) < 4.78 is 21.3. The van der Waals surface area contributed by atoms with Crippen LogP contribution in [0.4, 0.5) is 0 Å². The van der Waals surface area contributed by atoms with Gasteiger partial charge in [0.1, 0.15) is 0 Å². The van der Waals surface area contributed by atoms with Gasteiger partial charge < -0.3 is 18.9 Å². The van der Waals surface area contributed by atoms with E-state index in [1.165, 1.54) is 0 Å². The fourth-order valence-electron chi connectivity index (χ4n) is 3.59. The molecule has 0 radical (unpaired) electrons. The van der Waals surface area contributed by atoms with Gasteiger partial charge in [0.2, 0.25) is 23.8 Å².